The Morgan fingerprint density at radius 3 is 2.77 bits per heavy atom. The predicted octanol–water partition coefficient (Wildman–Crippen LogP) is 3.85. The van der Waals surface area contributed by atoms with Crippen molar-refractivity contribution in [2.45, 2.75) is 31.8 Å². The van der Waals surface area contributed by atoms with E-state index >= 15 is 0 Å². The summed E-state index contributed by atoms with van der Waals surface area (Å²) in [7, 11) is 1.75. The quantitative estimate of drug-likeness (QED) is 0.500. The maximum absolute atomic E-state index is 14.1. The molecule has 5 rings (SSSR count). The molecule has 0 bridgehead atoms. The number of halogens is 1. The summed E-state index contributed by atoms with van der Waals surface area (Å²) in [5.74, 6) is 0.927. The van der Waals surface area contributed by atoms with E-state index in [0.717, 1.165) is 25.8 Å². The standard InChI is InChI=1S/C23H22FN5O2/c1-28-20(25-18-11-5-3-9-16(18)23(28)30)14-29-13-7-6-12-19(29)22-27-26-21(31-22)15-8-2-4-10-17(15)24/h2-5,8-11,19H,6-7,12-14H2,1H3. The molecule has 1 aliphatic rings. The van der Waals surface area contributed by atoms with Gasteiger partial charge in [0, 0.05) is 7.05 Å². The van der Waals surface area contributed by atoms with Crippen molar-refractivity contribution in [3.05, 3.63) is 76.4 Å². The summed E-state index contributed by atoms with van der Waals surface area (Å²) in [4.78, 5) is 19.7. The van der Waals surface area contributed by atoms with Crippen LogP contribution in [0.3, 0.4) is 0 Å². The van der Waals surface area contributed by atoms with Crippen LogP contribution in [0.1, 0.15) is 37.0 Å². The predicted molar refractivity (Wildman–Crippen MR) is 114 cm³/mol. The molecule has 0 spiro atoms. The second-order valence-corrected chi connectivity index (χ2v) is 7.82. The Bertz CT molecular complexity index is 1300. The van der Waals surface area contributed by atoms with Gasteiger partial charge in [-0.15, -0.1) is 10.2 Å². The van der Waals surface area contributed by atoms with E-state index in [-0.39, 0.29) is 17.5 Å². The third-order valence-corrected chi connectivity index (χ3v) is 5.86. The fourth-order valence-corrected chi connectivity index (χ4v) is 4.16. The van der Waals surface area contributed by atoms with Gasteiger partial charge in [-0.1, -0.05) is 30.7 Å². The van der Waals surface area contributed by atoms with Crippen molar-refractivity contribution in [2.24, 2.45) is 7.05 Å². The highest BCUT2D eigenvalue weighted by molar-refractivity contribution is 5.77. The molecule has 0 radical (unpaired) electrons. The van der Waals surface area contributed by atoms with Gasteiger partial charge in [-0.25, -0.2) is 9.37 Å². The average Bonchev–Trinajstić information content (AvgIpc) is 3.28. The first-order chi connectivity index (χ1) is 15.1. The van der Waals surface area contributed by atoms with Crippen molar-refractivity contribution in [1.29, 1.82) is 0 Å². The van der Waals surface area contributed by atoms with Gasteiger partial charge in [0.05, 0.1) is 29.1 Å². The van der Waals surface area contributed by atoms with Crippen LogP contribution in [-0.4, -0.2) is 31.2 Å². The molecule has 0 amide bonds. The molecule has 2 aromatic carbocycles. The Kier molecular flexibility index (Phi) is 5.07. The van der Waals surface area contributed by atoms with Crippen LogP contribution >= 0.6 is 0 Å². The minimum atomic E-state index is -0.395. The molecule has 1 unspecified atom stereocenters. The van der Waals surface area contributed by atoms with Crippen LogP contribution in [0.2, 0.25) is 0 Å². The van der Waals surface area contributed by atoms with Crippen molar-refractivity contribution in [3.8, 4) is 11.5 Å². The lowest BCUT2D eigenvalue weighted by Crippen LogP contribution is -2.35. The Morgan fingerprint density at radius 1 is 1.10 bits per heavy atom. The van der Waals surface area contributed by atoms with Crippen LogP contribution < -0.4 is 5.56 Å². The highest BCUT2D eigenvalue weighted by Gasteiger charge is 2.30. The van der Waals surface area contributed by atoms with Gasteiger partial charge >= 0.3 is 0 Å². The SMILES string of the molecule is Cn1c(CN2CCCCC2c2nnc(-c3ccccc3F)o2)nc2ccccc2c1=O. The number of aromatic nitrogens is 4. The first kappa shape index (κ1) is 19.6. The zero-order valence-electron chi connectivity index (χ0n) is 17.2. The van der Waals surface area contributed by atoms with Crippen LogP contribution in [-0.2, 0) is 13.6 Å². The molecule has 7 nitrogen and oxygen atoms in total. The lowest BCUT2D eigenvalue weighted by molar-refractivity contribution is 0.113. The third kappa shape index (κ3) is 3.63. The summed E-state index contributed by atoms with van der Waals surface area (Å²) in [5, 5.41) is 8.91. The maximum atomic E-state index is 14.1. The fourth-order valence-electron chi connectivity index (χ4n) is 4.16. The van der Waals surface area contributed by atoms with E-state index < -0.39 is 5.82 Å². The van der Waals surface area contributed by atoms with Gasteiger partial charge in [0.1, 0.15) is 11.6 Å². The molecule has 8 heteroatoms. The Balaban J connectivity index is 1.46. The molecule has 0 saturated carbocycles. The normalized spacial score (nSPS) is 17.3. The van der Waals surface area contributed by atoms with Crippen LogP contribution in [0, 0.1) is 5.82 Å². The van der Waals surface area contributed by atoms with E-state index in [4.69, 9.17) is 9.40 Å². The number of hydrogen-bond donors (Lipinski definition) is 0. The van der Waals surface area contributed by atoms with Crippen molar-refractivity contribution in [1.82, 2.24) is 24.6 Å². The molecule has 0 aliphatic carbocycles. The number of para-hydroxylation sites is 1. The van der Waals surface area contributed by atoms with Gasteiger partial charge in [-0.3, -0.25) is 14.3 Å². The summed E-state index contributed by atoms with van der Waals surface area (Å²) < 4.78 is 21.6. The van der Waals surface area contributed by atoms with Gasteiger partial charge in [-0.2, -0.15) is 0 Å². The van der Waals surface area contributed by atoms with E-state index in [0.29, 0.717) is 34.7 Å². The number of fused-ring (bicyclic) bond motifs is 1. The molecule has 4 aromatic rings. The van der Waals surface area contributed by atoms with Crippen LogP contribution in [0.25, 0.3) is 22.4 Å². The number of benzene rings is 2. The molecule has 3 heterocycles. The molecule has 2 aromatic heterocycles. The second kappa shape index (κ2) is 8.03. The Hall–Kier alpha value is -3.39. The van der Waals surface area contributed by atoms with E-state index in [1.807, 2.05) is 18.2 Å². The van der Waals surface area contributed by atoms with E-state index in [9.17, 15) is 9.18 Å². The van der Waals surface area contributed by atoms with Crippen molar-refractivity contribution in [2.75, 3.05) is 6.54 Å². The third-order valence-electron chi connectivity index (χ3n) is 5.86. The van der Waals surface area contributed by atoms with E-state index in [1.54, 1.807) is 35.9 Å². The summed E-state index contributed by atoms with van der Waals surface area (Å²) >= 11 is 0. The van der Waals surface area contributed by atoms with Gasteiger partial charge in [0.25, 0.3) is 11.4 Å². The highest BCUT2D eigenvalue weighted by atomic mass is 19.1. The summed E-state index contributed by atoms with van der Waals surface area (Å²) in [5.41, 5.74) is 0.921. The van der Waals surface area contributed by atoms with Crippen molar-refractivity contribution < 1.29 is 8.81 Å². The smallest absolute Gasteiger partial charge is 0.261 e. The second-order valence-electron chi connectivity index (χ2n) is 7.82. The van der Waals surface area contributed by atoms with Crippen molar-refractivity contribution >= 4 is 10.9 Å². The molecule has 1 atom stereocenters. The topological polar surface area (TPSA) is 77.1 Å². The molecular formula is C23H22FN5O2. The summed E-state index contributed by atoms with van der Waals surface area (Å²) in [6, 6.07) is 13.6. The maximum Gasteiger partial charge on any atom is 0.261 e. The van der Waals surface area contributed by atoms with Gasteiger partial charge in [0.15, 0.2) is 0 Å². The molecule has 1 saturated heterocycles. The zero-order chi connectivity index (χ0) is 21.4. The molecule has 1 aliphatic heterocycles. The van der Waals surface area contributed by atoms with Gasteiger partial charge in [0.2, 0.25) is 5.89 Å². The lowest BCUT2D eigenvalue weighted by Gasteiger charge is -2.33. The molecule has 1 fully saturated rings. The first-order valence-corrected chi connectivity index (χ1v) is 10.4. The van der Waals surface area contributed by atoms with Crippen molar-refractivity contribution in [3.63, 3.8) is 0 Å². The minimum Gasteiger partial charge on any atom is -0.419 e. The summed E-state index contributed by atoms with van der Waals surface area (Å²) in [6.45, 7) is 1.31. The number of nitrogens with zero attached hydrogens (tertiary/aromatic N) is 5. The molecular weight excluding hydrogens is 397 g/mol. The van der Waals surface area contributed by atoms with Crippen LogP contribution in [0.4, 0.5) is 4.39 Å². The lowest BCUT2D eigenvalue weighted by atomic mass is 10.0. The minimum absolute atomic E-state index is 0.0613. The molecule has 0 N–H and O–H groups in total. The number of piperidine rings is 1. The Labute approximate surface area is 178 Å². The number of likely N-dealkylation sites (tertiary alicyclic amines) is 1. The van der Waals surface area contributed by atoms with Gasteiger partial charge < -0.3 is 4.42 Å². The number of hydrogen-bond acceptors (Lipinski definition) is 6. The van der Waals surface area contributed by atoms with E-state index in [2.05, 4.69) is 15.1 Å². The largest absolute Gasteiger partial charge is 0.419 e. The first-order valence-electron chi connectivity index (χ1n) is 10.4. The zero-order valence-corrected chi connectivity index (χ0v) is 17.2. The van der Waals surface area contributed by atoms with Gasteiger partial charge in [-0.05, 0) is 43.7 Å². The summed E-state index contributed by atoms with van der Waals surface area (Å²) in [6.07, 6.45) is 2.91. The average molecular weight is 419 g/mol. The Morgan fingerprint density at radius 2 is 1.90 bits per heavy atom. The molecule has 31 heavy (non-hydrogen) atoms. The number of rotatable bonds is 4. The fraction of sp³-hybridized carbons (Fsp3) is 0.304. The van der Waals surface area contributed by atoms with Crippen LogP contribution in [0.15, 0.2) is 57.7 Å². The highest BCUT2D eigenvalue weighted by Crippen LogP contribution is 2.33. The monoisotopic (exact) mass is 419 g/mol. The van der Waals surface area contributed by atoms with E-state index in [1.165, 1.54) is 6.07 Å². The molecule has 158 valence electrons. The van der Waals surface area contributed by atoms with Crippen LogP contribution in [0.5, 0.6) is 0 Å².